The number of nitrogens with two attached hydrogens (primary N) is 1. The number of alkyl carbamates (subject to hydrolysis) is 1. The van der Waals surface area contributed by atoms with Gasteiger partial charge in [-0.1, -0.05) is 6.92 Å². The summed E-state index contributed by atoms with van der Waals surface area (Å²) in [6.45, 7) is 3.68. The molecule has 0 saturated heterocycles. The molecule has 4 atom stereocenters. The van der Waals surface area contributed by atoms with E-state index in [0.717, 1.165) is 17.7 Å². The Morgan fingerprint density at radius 3 is 2.63 bits per heavy atom. The van der Waals surface area contributed by atoms with Gasteiger partial charge in [-0.3, -0.25) is 4.98 Å². The first kappa shape index (κ1) is 25.5. The lowest BCUT2D eigenvalue weighted by Gasteiger charge is -2.39. The topological polar surface area (TPSA) is 119 Å². The van der Waals surface area contributed by atoms with Crippen molar-refractivity contribution in [2.45, 2.75) is 44.7 Å². The third-order valence-corrected chi connectivity index (χ3v) is 7.12. The Kier molecular flexibility index (Phi) is 6.94. The summed E-state index contributed by atoms with van der Waals surface area (Å²) in [6.07, 6.45) is 5.99. The molecule has 3 aromatic heterocycles. The van der Waals surface area contributed by atoms with Gasteiger partial charge >= 0.3 is 6.09 Å². The highest BCUT2D eigenvalue weighted by atomic mass is 19.1. The van der Waals surface area contributed by atoms with Crippen LogP contribution in [-0.2, 0) is 4.74 Å². The minimum atomic E-state index is -0.679. The van der Waals surface area contributed by atoms with Crippen molar-refractivity contribution in [2.24, 2.45) is 11.7 Å². The van der Waals surface area contributed by atoms with Gasteiger partial charge in [-0.2, -0.15) is 9.61 Å². The second-order valence-electron chi connectivity index (χ2n) is 9.80. The number of fused-ring (bicyclic) bond motifs is 1. The second kappa shape index (κ2) is 10.3. The van der Waals surface area contributed by atoms with Crippen molar-refractivity contribution in [2.75, 3.05) is 12.4 Å². The molecule has 1 aromatic carbocycles. The van der Waals surface area contributed by atoms with Crippen LogP contribution in [-0.4, -0.2) is 44.9 Å². The number of pyridine rings is 1. The number of amides is 1. The van der Waals surface area contributed by atoms with E-state index >= 15 is 0 Å². The molecular formula is C27H29F2N7O2. The standard InChI is InChI=1S/C27H29F2N7O2/c1-14-8-19(28)24(20(29)9-14)22-5-4-17-12-32-26(36(17)35-22)33-23-13-31-7-6-18(23)16-10-15(2)25(21(30)11-16)34-27(37)38-3/h4-9,12-13,15-16,21,25H,10-11,30H2,1-3H3,(H,32,33)(H,34,37). The summed E-state index contributed by atoms with van der Waals surface area (Å²) in [5.74, 6) is -0.767. The van der Waals surface area contributed by atoms with E-state index < -0.39 is 17.7 Å². The molecule has 1 saturated carbocycles. The van der Waals surface area contributed by atoms with Crippen LogP contribution >= 0.6 is 0 Å². The van der Waals surface area contributed by atoms with Gasteiger partial charge in [0.15, 0.2) is 0 Å². The maximum atomic E-state index is 14.6. The van der Waals surface area contributed by atoms with Crippen molar-refractivity contribution < 1.29 is 18.3 Å². The van der Waals surface area contributed by atoms with Gasteiger partial charge in [0.05, 0.1) is 42.0 Å². The molecule has 4 unspecified atom stereocenters. The van der Waals surface area contributed by atoms with Crippen molar-refractivity contribution in [3.05, 3.63) is 71.7 Å². The maximum Gasteiger partial charge on any atom is 0.407 e. The monoisotopic (exact) mass is 521 g/mol. The number of ether oxygens (including phenoxy) is 1. The molecule has 1 aliphatic carbocycles. The molecule has 4 N–H and O–H groups in total. The number of aromatic nitrogens is 4. The van der Waals surface area contributed by atoms with Crippen molar-refractivity contribution >= 4 is 23.2 Å². The number of hydrogen-bond donors (Lipinski definition) is 3. The SMILES string of the molecule is COC(=O)NC1C(C)CC(c2ccncc2Nc2ncc3ccc(-c4c(F)cc(C)cc4F)nn23)CC1N. The maximum absolute atomic E-state index is 14.6. The number of hydrogen-bond acceptors (Lipinski definition) is 7. The molecule has 198 valence electrons. The molecule has 4 aromatic rings. The quantitative estimate of drug-likeness (QED) is 0.349. The predicted molar refractivity (Wildman–Crippen MR) is 139 cm³/mol. The Balaban J connectivity index is 1.44. The molecule has 0 spiro atoms. The first-order valence-corrected chi connectivity index (χ1v) is 12.4. The largest absolute Gasteiger partial charge is 0.453 e. The van der Waals surface area contributed by atoms with E-state index in [2.05, 4.69) is 32.6 Å². The molecule has 1 aliphatic rings. The second-order valence-corrected chi connectivity index (χ2v) is 9.80. The fraction of sp³-hybridized carbons (Fsp3) is 0.333. The Bertz CT molecular complexity index is 1460. The number of carbonyl (C=O) groups excluding carboxylic acids is 1. The van der Waals surface area contributed by atoms with Gasteiger partial charge in [0, 0.05) is 18.3 Å². The smallest absolute Gasteiger partial charge is 0.407 e. The fourth-order valence-corrected chi connectivity index (χ4v) is 5.32. The van der Waals surface area contributed by atoms with Crippen molar-refractivity contribution in [1.82, 2.24) is 24.9 Å². The number of nitrogens with one attached hydrogen (secondary N) is 2. The number of rotatable bonds is 5. The number of carbonyl (C=O) groups is 1. The van der Waals surface area contributed by atoms with Crippen LogP contribution in [0.1, 0.15) is 36.8 Å². The Hall–Kier alpha value is -4.12. The molecule has 0 bridgehead atoms. The molecular weight excluding hydrogens is 492 g/mol. The number of benzene rings is 1. The highest BCUT2D eigenvalue weighted by Crippen LogP contribution is 2.39. The number of methoxy groups -OCH3 is 1. The van der Waals surface area contributed by atoms with Gasteiger partial charge in [0.1, 0.15) is 11.6 Å². The van der Waals surface area contributed by atoms with Gasteiger partial charge in [0.25, 0.3) is 0 Å². The molecule has 5 rings (SSSR count). The van der Waals surface area contributed by atoms with E-state index in [1.807, 2.05) is 6.07 Å². The van der Waals surface area contributed by atoms with Gasteiger partial charge in [-0.05, 0) is 73.1 Å². The minimum absolute atomic E-state index is 0.103. The summed E-state index contributed by atoms with van der Waals surface area (Å²) in [4.78, 5) is 20.5. The number of nitrogens with zero attached hydrogens (tertiary/aromatic N) is 4. The van der Waals surface area contributed by atoms with Crippen LogP contribution in [0.2, 0.25) is 0 Å². The lowest BCUT2D eigenvalue weighted by atomic mass is 9.73. The van der Waals surface area contributed by atoms with Crippen LogP contribution in [0.25, 0.3) is 16.8 Å². The number of imidazole rings is 1. The van der Waals surface area contributed by atoms with Crippen molar-refractivity contribution in [1.29, 1.82) is 0 Å². The Labute approximate surface area is 218 Å². The first-order valence-electron chi connectivity index (χ1n) is 12.4. The van der Waals surface area contributed by atoms with Gasteiger partial charge in [-0.15, -0.1) is 0 Å². The van der Waals surface area contributed by atoms with Crippen molar-refractivity contribution in [3.63, 3.8) is 0 Å². The molecule has 0 radical (unpaired) electrons. The van der Waals surface area contributed by atoms with E-state index in [-0.39, 0.29) is 35.2 Å². The van der Waals surface area contributed by atoms with Crippen molar-refractivity contribution in [3.8, 4) is 11.3 Å². The summed E-state index contributed by atoms with van der Waals surface area (Å²) in [5, 5.41) is 10.6. The van der Waals surface area contributed by atoms with Gasteiger partial charge < -0.3 is 21.1 Å². The summed E-state index contributed by atoms with van der Waals surface area (Å²) < 4.78 is 35.5. The van der Waals surface area contributed by atoms with E-state index in [4.69, 9.17) is 10.5 Å². The fourth-order valence-electron chi connectivity index (χ4n) is 5.32. The molecule has 1 fully saturated rings. The average Bonchev–Trinajstić information content (AvgIpc) is 3.27. The van der Waals surface area contributed by atoms with E-state index in [1.165, 1.54) is 23.8 Å². The lowest BCUT2D eigenvalue weighted by molar-refractivity contribution is 0.149. The summed E-state index contributed by atoms with van der Waals surface area (Å²) in [7, 11) is 1.33. The zero-order valence-corrected chi connectivity index (χ0v) is 21.3. The van der Waals surface area contributed by atoms with Crippen LogP contribution in [0, 0.1) is 24.5 Å². The number of halogens is 2. The summed E-state index contributed by atoms with van der Waals surface area (Å²) >= 11 is 0. The zero-order chi connectivity index (χ0) is 27.0. The van der Waals surface area contributed by atoms with E-state index in [0.29, 0.717) is 23.4 Å². The number of aryl methyl sites for hydroxylation is 1. The molecule has 38 heavy (non-hydrogen) atoms. The summed E-state index contributed by atoms with van der Waals surface area (Å²) in [6, 6.07) is 7.31. The van der Waals surface area contributed by atoms with Crippen LogP contribution < -0.4 is 16.4 Å². The third kappa shape index (κ3) is 4.89. The Morgan fingerprint density at radius 1 is 1.16 bits per heavy atom. The normalized spacial score (nSPS) is 21.3. The minimum Gasteiger partial charge on any atom is -0.453 e. The molecule has 0 aliphatic heterocycles. The van der Waals surface area contributed by atoms with Gasteiger partial charge in [0.2, 0.25) is 5.95 Å². The Morgan fingerprint density at radius 2 is 1.92 bits per heavy atom. The van der Waals surface area contributed by atoms with E-state index in [1.54, 1.807) is 37.6 Å². The van der Waals surface area contributed by atoms with Crippen LogP contribution in [0.3, 0.4) is 0 Å². The molecule has 11 heteroatoms. The van der Waals surface area contributed by atoms with E-state index in [9.17, 15) is 13.6 Å². The summed E-state index contributed by atoms with van der Waals surface area (Å²) in [5.41, 5.74) is 9.30. The van der Waals surface area contributed by atoms with Crippen LogP contribution in [0.4, 0.5) is 25.2 Å². The van der Waals surface area contributed by atoms with Crippen LogP contribution in [0.15, 0.2) is 48.9 Å². The van der Waals surface area contributed by atoms with Gasteiger partial charge in [-0.25, -0.2) is 18.6 Å². The third-order valence-electron chi connectivity index (χ3n) is 7.12. The molecule has 1 amide bonds. The molecule has 3 heterocycles. The van der Waals surface area contributed by atoms with Crippen LogP contribution in [0.5, 0.6) is 0 Å². The zero-order valence-electron chi connectivity index (χ0n) is 21.3. The predicted octanol–water partition coefficient (Wildman–Crippen LogP) is 4.69. The molecule has 9 nitrogen and oxygen atoms in total. The first-order chi connectivity index (χ1) is 18.2. The lowest BCUT2D eigenvalue weighted by Crippen LogP contribution is -2.54. The average molecular weight is 522 g/mol. The number of anilines is 2. The highest BCUT2D eigenvalue weighted by Gasteiger charge is 2.36. The highest BCUT2D eigenvalue weighted by molar-refractivity contribution is 5.68.